The topological polar surface area (TPSA) is 84.5 Å². The first kappa shape index (κ1) is 16.0. The number of hydrogen-bond acceptors (Lipinski definition) is 4. The van der Waals surface area contributed by atoms with Gasteiger partial charge in [0.15, 0.2) is 6.10 Å². The average Bonchev–Trinajstić information content (AvgIpc) is 3.31. The van der Waals surface area contributed by atoms with Crippen molar-refractivity contribution in [1.29, 1.82) is 0 Å². The van der Waals surface area contributed by atoms with Crippen molar-refractivity contribution in [2.75, 3.05) is 6.54 Å². The summed E-state index contributed by atoms with van der Waals surface area (Å²) in [7, 11) is 0. The first-order valence-electron chi connectivity index (χ1n) is 7.39. The minimum absolute atomic E-state index is 0.0274. The summed E-state index contributed by atoms with van der Waals surface area (Å²) in [5, 5.41) is 5.40. The van der Waals surface area contributed by atoms with Gasteiger partial charge in [-0.3, -0.25) is 14.4 Å². The zero-order valence-electron chi connectivity index (χ0n) is 12.5. The van der Waals surface area contributed by atoms with Gasteiger partial charge in [-0.05, 0) is 31.9 Å². The standard InChI is InChI=1S/C16H20N2O4/c1-11(15(20)18-13-7-8-13)22-14(19)9-10-17-16(21)12-5-3-2-4-6-12/h2-6,11,13H,7-10H2,1H3,(H,17,21)(H,18,20)/t11-/m0/s1. The van der Waals surface area contributed by atoms with E-state index >= 15 is 0 Å². The zero-order valence-corrected chi connectivity index (χ0v) is 12.5. The minimum atomic E-state index is -0.807. The van der Waals surface area contributed by atoms with Crippen LogP contribution >= 0.6 is 0 Å². The van der Waals surface area contributed by atoms with Crippen LogP contribution in [0.2, 0.25) is 0 Å². The number of amides is 2. The van der Waals surface area contributed by atoms with E-state index in [1.165, 1.54) is 6.92 Å². The van der Waals surface area contributed by atoms with E-state index in [2.05, 4.69) is 10.6 Å². The second-order valence-corrected chi connectivity index (χ2v) is 5.29. The summed E-state index contributed by atoms with van der Waals surface area (Å²) in [4.78, 5) is 35.0. The van der Waals surface area contributed by atoms with Crippen molar-refractivity contribution >= 4 is 17.8 Å². The van der Waals surface area contributed by atoms with Gasteiger partial charge in [0.05, 0.1) is 6.42 Å². The van der Waals surface area contributed by atoms with Gasteiger partial charge in [-0.1, -0.05) is 18.2 Å². The van der Waals surface area contributed by atoms with Gasteiger partial charge >= 0.3 is 5.97 Å². The third-order valence-electron chi connectivity index (χ3n) is 3.25. The molecule has 2 N–H and O–H groups in total. The van der Waals surface area contributed by atoms with Crippen LogP contribution in [0.1, 0.15) is 36.5 Å². The highest BCUT2D eigenvalue weighted by Gasteiger charge is 2.27. The van der Waals surface area contributed by atoms with Crippen LogP contribution in [0.4, 0.5) is 0 Å². The van der Waals surface area contributed by atoms with Crippen LogP contribution in [0.5, 0.6) is 0 Å². The van der Waals surface area contributed by atoms with Gasteiger partial charge in [0.1, 0.15) is 0 Å². The summed E-state index contributed by atoms with van der Waals surface area (Å²) in [5.74, 6) is -1.02. The van der Waals surface area contributed by atoms with Crippen LogP contribution in [-0.2, 0) is 14.3 Å². The maximum atomic E-state index is 11.8. The van der Waals surface area contributed by atoms with Crippen molar-refractivity contribution in [3.05, 3.63) is 35.9 Å². The summed E-state index contributed by atoms with van der Waals surface area (Å²) < 4.78 is 5.03. The van der Waals surface area contributed by atoms with Crippen LogP contribution < -0.4 is 10.6 Å². The summed E-state index contributed by atoms with van der Waals surface area (Å²) in [6.45, 7) is 1.71. The third-order valence-corrected chi connectivity index (χ3v) is 3.25. The number of hydrogen-bond donors (Lipinski definition) is 2. The molecule has 2 rings (SSSR count). The fourth-order valence-electron chi connectivity index (χ4n) is 1.83. The molecule has 22 heavy (non-hydrogen) atoms. The lowest BCUT2D eigenvalue weighted by Crippen LogP contribution is -2.37. The van der Waals surface area contributed by atoms with Crippen molar-refractivity contribution < 1.29 is 19.1 Å². The molecule has 118 valence electrons. The molecule has 0 heterocycles. The smallest absolute Gasteiger partial charge is 0.308 e. The van der Waals surface area contributed by atoms with Crippen LogP contribution in [0, 0.1) is 0 Å². The predicted molar refractivity (Wildman–Crippen MR) is 80.1 cm³/mol. The monoisotopic (exact) mass is 304 g/mol. The third kappa shape index (κ3) is 5.20. The Morgan fingerprint density at radius 1 is 1.23 bits per heavy atom. The van der Waals surface area contributed by atoms with Crippen molar-refractivity contribution in [3.8, 4) is 0 Å². The lowest BCUT2D eigenvalue weighted by atomic mass is 10.2. The first-order valence-corrected chi connectivity index (χ1v) is 7.39. The maximum Gasteiger partial charge on any atom is 0.308 e. The summed E-state index contributed by atoms with van der Waals surface area (Å²) in [6.07, 6.45) is 1.19. The van der Waals surface area contributed by atoms with E-state index in [1.807, 2.05) is 6.07 Å². The highest BCUT2D eigenvalue weighted by atomic mass is 16.5. The van der Waals surface area contributed by atoms with Gasteiger partial charge in [0.25, 0.3) is 11.8 Å². The lowest BCUT2D eigenvalue weighted by Gasteiger charge is -2.13. The average molecular weight is 304 g/mol. The van der Waals surface area contributed by atoms with E-state index in [-0.39, 0.29) is 30.8 Å². The number of rotatable bonds is 7. The van der Waals surface area contributed by atoms with E-state index in [4.69, 9.17) is 4.74 Å². The Labute approximate surface area is 129 Å². The summed E-state index contributed by atoms with van der Waals surface area (Å²) in [6, 6.07) is 8.98. The van der Waals surface area contributed by atoms with Crippen molar-refractivity contribution in [3.63, 3.8) is 0 Å². The number of carbonyl (C=O) groups is 3. The maximum absolute atomic E-state index is 11.8. The Balaban J connectivity index is 1.64. The molecule has 0 bridgehead atoms. The molecule has 1 aromatic carbocycles. The molecule has 0 unspecified atom stereocenters. The molecule has 0 aliphatic heterocycles. The molecule has 6 nitrogen and oxygen atoms in total. The Hall–Kier alpha value is -2.37. The fraction of sp³-hybridized carbons (Fsp3) is 0.438. The number of esters is 1. The van der Waals surface area contributed by atoms with Gasteiger partial charge in [0.2, 0.25) is 0 Å². The summed E-state index contributed by atoms with van der Waals surface area (Å²) >= 11 is 0. The highest BCUT2D eigenvalue weighted by molar-refractivity contribution is 5.94. The van der Waals surface area contributed by atoms with Gasteiger partial charge < -0.3 is 15.4 Å². The molecule has 0 radical (unpaired) electrons. The molecule has 1 aliphatic carbocycles. The van der Waals surface area contributed by atoms with Crippen molar-refractivity contribution in [2.45, 2.75) is 38.3 Å². The van der Waals surface area contributed by atoms with Gasteiger partial charge in [-0.25, -0.2) is 0 Å². The number of nitrogens with one attached hydrogen (secondary N) is 2. The SMILES string of the molecule is C[C@H](OC(=O)CCNC(=O)c1ccccc1)C(=O)NC1CC1. The molecule has 6 heteroatoms. The Bertz CT molecular complexity index is 540. The molecule has 1 saturated carbocycles. The molecular formula is C16H20N2O4. The Kier molecular flexibility index (Phi) is 5.52. The van der Waals surface area contributed by atoms with Crippen LogP contribution in [0.25, 0.3) is 0 Å². The number of ether oxygens (including phenoxy) is 1. The molecule has 1 aromatic rings. The van der Waals surface area contributed by atoms with E-state index < -0.39 is 12.1 Å². The first-order chi connectivity index (χ1) is 10.6. The molecule has 0 spiro atoms. The molecule has 1 fully saturated rings. The molecular weight excluding hydrogens is 284 g/mol. The Morgan fingerprint density at radius 2 is 1.91 bits per heavy atom. The fourth-order valence-corrected chi connectivity index (χ4v) is 1.83. The molecule has 1 aliphatic rings. The molecule has 2 amide bonds. The van der Waals surface area contributed by atoms with E-state index in [9.17, 15) is 14.4 Å². The molecule has 0 saturated heterocycles. The minimum Gasteiger partial charge on any atom is -0.452 e. The quantitative estimate of drug-likeness (QED) is 0.737. The number of carbonyl (C=O) groups excluding carboxylic acids is 3. The van der Waals surface area contributed by atoms with Gasteiger partial charge in [-0.2, -0.15) is 0 Å². The van der Waals surface area contributed by atoms with E-state index in [0.717, 1.165) is 12.8 Å². The Morgan fingerprint density at radius 3 is 2.55 bits per heavy atom. The normalized spacial score (nSPS) is 14.8. The molecule has 1 atom stereocenters. The largest absolute Gasteiger partial charge is 0.452 e. The molecule has 0 aromatic heterocycles. The van der Waals surface area contributed by atoms with E-state index in [1.54, 1.807) is 24.3 Å². The number of benzene rings is 1. The van der Waals surface area contributed by atoms with Crippen molar-refractivity contribution in [2.24, 2.45) is 0 Å². The summed E-state index contributed by atoms with van der Waals surface area (Å²) in [5.41, 5.74) is 0.535. The van der Waals surface area contributed by atoms with E-state index in [0.29, 0.717) is 5.56 Å². The second-order valence-electron chi connectivity index (χ2n) is 5.29. The second kappa shape index (κ2) is 7.59. The van der Waals surface area contributed by atoms with Crippen LogP contribution in [-0.4, -0.2) is 36.5 Å². The zero-order chi connectivity index (χ0) is 15.9. The van der Waals surface area contributed by atoms with Crippen molar-refractivity contribution in [1.82, 2.24) is 10.6 Å². The highest BCUT2D eigenvalue weighted by Crippen LogP contribution is 2.18. The van der Waals surface area contributed by atoms with Crippen LogP contribution in [0.15, 0.2) is 30.3 Å². The van der Waals surface area contributed by atoms with Gasteiger partial charge in [0, 0.05) is 18.2 Å². The lowest BCUT2D eigenvalue weighted by molar-refractivity contribution is -0.154. The van der Waals surface area contributed by atoms with Crippen LogP contribution in [0.3, 0.4) is 0 Å². The predicted octanol–water partition coefficient (Wildman–Crippen LogP) is 1.02. The van der Waals surface area contributed by atoms with Gasteiger partial charge in [-0.15, -0.1) is 0 Å².